The molecular formula is C16H13N3O5. The number of fused-ring (bicyclic) bond motifs is 1. The van der Waals surface area contributed by atoms with Crippen molar-refractivity contribution in [1.29, 1.82) is 0 Å². The molecule has 0 aliphatic carbocycles. The zero-order chi connectivity index (χ0) is 17.4. The lowest BCUT2D eigenvalue weighted by Crippen LogP contribution is -2.36. The predicted molar refractivity (Wildman–Crippen MR) is 81.0 cm³/mol. The largest absolute Gasteiger partial charge is 0.352 e. The molecule has 1 aliphatic heterocycles. The van der Waals surface area contributed by atoms with Crippen LogP contribution in [0, 0.1) is 13.8 Å². The summed E-state index contributed by atoms with van der Waals surface area (Å²) in [6.07, 6.45) is 0. The highest BCUT2D eigenvalue weighted by Crippen LogP contribution is 2.22. The van der Waals surface area contributed by atoms with Crippen LogP contribution in [0.25, 0.3) is 0 Å². The number of hydrogen-bond acceptors (Lipinski definition) is 6. The fourth-order valence-corrected chi connectivity index (χ4v) is 2.48. The lowest BCUT2D eigenvalue weighted by Gasteiger charge is -2.14. The molecule has 24 heavy (non-hydrogen) atoms. The zero-order valence-corrected chi connectivity index (χ0v) is 13.0. The van der Waals surface area contributed by atoms with Crippen LogP contribution in [0.1, 0.15) is 32.1 Å². The Morgan fingerprint density at radius 3 is 2.21 bits per heavy atom. The summed E-state index contributed by atoms with van der Waals surface area (Å²) in [6, 6.07) is 7.80. The number of hydrogen-bond donors (Lipinski definition) is 0. The molecule has 0 unspecified atom stereocenters. The van der Waals surface area contributed by atoms with Gasteiger partial charge in [-0.05, 0) is 32.0 Å². The number of carbonyl (C=O) groups is 3. The van der Waals surface area contributed by atoms with Gasteiger partial charge in [0.25, 0.3) is 11.8 Å². The Hall–Kier alpha value is -3.29. The molecule has 2 aromatic rings. The summed E-state index contributed by atoms with van der Waals surface area (Å²) >= 11 is 0. The molecule has 0 saturated carbocycles. The fraction of sp³-hybridized carbons (Fsp3) is 0.188. The average molecular weight is 327 g/mol. The van der Waals surface area contributed by atoms with E-state index in [9.17, 15) is 19.2 Å². The van der Waals surface area contributed by atoms with Gasteiger partial charge in [0.05, 0.1) is 11.1 Å². The number of rotatable bonds is 3. The summed E-state index contributed by atoms with van der Waals surface area (Å²) in [5.41, 5.74) is 0.780. The second-order valence-electron chi connectivity index (χ2n) is 5.32. The Balaban J connectivity index is 1.79. The van der Waals surface area contributed by atoms with Gasteiger partial charge in [0.1, 0.15) is 6.54 Å². The van der Waals surface area contributed by atoms with Crippen LogP contribution in [0.2, 0.25) is 0 Å². The third-order valence-corrected chi connectivity index (χ3v) is 3.58. The van der Waals surface area contributed by atoms with Crippen LogP contribution in [-0.2, 0) is 16.2 Å². The summed E-state index contributed by atoms with van der Waals surface area (Å²) in [5, 5.41) is 0.412. The average Bonchev–Trinajstić information content (AvgIpc) is 2.76. The molecule has 0 fully saturated rings. The molecule has 0 atom stereocenters. The van der Waals surface area contributed by atoms with Crippen molar-refractivity contribution in [1.82, 2.24) is 14.6 Å². The van der Waals surface area contributed by atoms with Gasteiger partial charge in [0.2, 0.25) is 0 Å². The second-order valence-corrected chi connectivity index (χ2v) is 5.32. The van der Waals surface area contributed by atoms with Crippen LogP contribution in [0.5, 0.6) is 0 Å². The van der Waals surface area contributed by atoms with Crippen molar-refractivity contribution < 1.29 is 19.2 Å². The molecule has 0 radical (unpaired) electrons. The number of carbonyl (C=O) groups excluding carboxylic acids is 3. The van der Waals surface area contributed by atoms with Crippen molar-refractivity contribution in [3.8, 4) is 0 Å². The Kier molecular flexibility index (Phi) is 3.72. The van der Waals surface area contributed by atoms with Crippen molar-refractivity contribution in [3.05, 3.63) is 63.3 Å². The van der Waals surface area contributed by atoms with Gasteiger partial charge in [-0.3, -0.25) is 14.2 Å². The number of aromatic nitrogens is 2. The van der Waals surface area contributed by atoms with Crippen molar-refractivity contribution in [3.63, 3.8) is 0 Å². The first-order chi connectivity index (χ1) is 11.4. The molecule has 1 aliphatic rings. The van der Waals surface area contributed by atoms with Crippen LogP contribution < -0.4 is 5.69 Å². The first-order valence-corrected chi connectivity index (χ1v) is 7.12. The number of hydroxylamine groups is 2. The van der Waals surface area contributed by atoms with Crippen LogP contribution in [0.3, 0.4) is 0 Å². The number of benzene rings is 1. The Bertz CT molecular complexity index is 897. The highest BCUT2D eigenvalue weighted by molar-refractivity contribution is 6.20. The van der Waals surface area contributed by atoms with Crippen LogP contribution in [-0.4, -0.2) is 32.4 Å². The molecule has 0 N–H and O–H groups in total. The SMILES string of the molecule is Cc1cc(C)n(CC(=O)ON2C(=O)c3ccccc3C2=O)c(=O)n1. The number of amides is 2. The van der Waals surface area contributed by atoms with Crippen LogP contribution >= 0.6 is 0 Å². The molecule has 1 aromatic carbocycles. The molecular weight excluding hydrogens is 314 g/mol. The Morgan fingerprint density at radius 1 is 1.08 bits per heavy atom. The van der Waals surface area contributed by atoms with Gasteiger partial charge >= 0.3 is 11.7 Å². The second kappa shape index (κ2) is 5.73. The molecule has 122 valence electrons. The Morgan fingerprint density at radius 2 is 1.67 bits per heavy atom. The summed E-state index contributed by atoms with van der Waals surface area (Å²) < 4.78 is 1.10. The van der Waals surface area contributed by atoms with E-state index in [1.807, 2.05) is 0 Å². The maximum absolute atomic E-state index is 12.1. The normalized spacial score (nSPS) is 13.2. The van der Waals surface area contributed by atoms with Crippen LogP contribution in [0.15, 0.2) is 35.1 Å². The predicted octanol–water partition coefficient (Wildman–Crippen LogP) is 0.615. The smallest absolute Gasteiger partial charge is 0.328 e. The van der Waals surface area contributed by atoms with Gasteiger partial charge in [-0.1, -0.05) is 17.2 Å². The third-order valence-electron chi connectivity index (χ3n) is 3.58. The first-order valence-electron chi connectivity index (χ1n) is 7.12. The number of imide groups is 1. The van der Waals surface area contributed by atoms with E-state index < -0.39 is 30.0 Å². The molecule has 8 nitrogen and oxygen atoms in total. The van der Waals surface area contributed by atoms with Gasteiger partial charge < -0.3 is 4.84 Å². The minimum Gasteiger partial charge on any atom is -0.328 e. The number of aryl methyl sites for hydroxylation is 2. The van der Waals surface area contributed by atoms with E-state index in [1.165, 1.54) is 12.1 Å². The van der Waals surface area contributed by atoms with E-state index in [1.54, 1.807) is 32.0 Å². The summed E-state index contributed by atoms with van der Waals surface area (Å²) in [7, 11) is 0. The summed E-state index contributed by atoms with van der Waals surface area (Å²) in [5.74, 6) is -2.34. The van der Waals surface area contributed by atoms with Gasteiger partial charge in [-0.25, -0.2) is 9.59 Å². The van der Waals surface area contributed by atoms with Crippen molar-refractivity contribution >= 4 is 17.8 Å². The zero-order valence-electron chi connectivity index (χ0n) is 13.0. The molecule has 3 rings (SSSR count). The monoisotopic (exact) mass is 327 g/mol. The molecule has 2 amide bonds. The fourth-order valence-electron chi connectivity index (χ4n) is 2.48. The first kappa shape index (κ1) is 15.6. The third kappa shape index (κ3) is 2.58. The van der Waals surface area contributed by atoms with Crippen LogP contribution in [0.4, 0.5) is 0 Å². The lowest BCUT2D eigenvalue weighted by molar-refractivity contribution is -0.169. The summed E-state index contributed by atoms with van der Waals surface area (Å²) in [4.78, 5) is 56.7. The maximum atomic E-state index is 12.1. The van der Waals surface area contributed by atoms with E-state index in [4.69, 9.17) is 4.84 Å². The molecule has 0 bridgehead atoms. The van der Waals surface area contributed by atoms with E-state index in [-0.39, 0.29) is 11.1 Å². The van der Waals surface area contributed by atoms with E-state index in [0.29, 0.717) is 16.5 Å². The standard InChI is InChI=1S/C16H13N3O5/c1-9-7-10(2)18(16(23)17-9)8-13(20)24-19-14(21)11-5-3-4-6-12(11)15(19)22/h3-7H,8H2,1-2H3. The number of nitrogens with zero attached hydrogens (tertiary/aromatic N) is 3. The molecule has 2 heterocycles. The van der Waals surface area contributed by atoms with Gasteiger partial charge in [-0.2, -0.15) is 4.98 Å². The van der Waals surface area contributed by atoms with Gasteiger partial charge in [0.15, 0.2) is 0 Å². The molecule has 0 spiro atoms. The van der Waals surface area contributed by atoms with Gasteiger partial charge in [0, 0.05) is 11.4 Å². The van der Waals surface area contributed by atoms with Crippen molar-refractivity contribution in [2.24, 2.45) is 0 Å². The molecule has 8 heteroatoms. The van der Waals surface area contributed by atoms with E-state index in [0.717, 1.165) is 4.57 Å². The maximum Gasteiger partial charge on any atom is 0.352 e. The quantitative estimate of drug-likeness (QED) is 0.766. The molecule has 1 aromatic heterocycles. The topological polar surface area (TPSA) is 98.6 Å². The lowest BCUT2D eigenvalue weighted by atomic mass is 10.1. The molecule has 0 saturated heterocycles. The highest BCUT2D eigenvalue weighted by Gasteiger charge is 2.38. The van der Waals surface area contributed by atoms with E-state index in [2.05, 4.69) is 4.98 Å². The minimum absolute atomic E-state index is 0.167. The Labute approximate surface area is 136 Å². The van der Waals surface area contributed by atoms with E-state index >= 15 is 0 Å². The van der Waals surface area contributed by atoms with Gasteiger partial charge in [-0.15, -0.1) is 0 Å². The minimum atomic E-state index is -0.916. The van der Waals surface area contributed by atoms with Crippen molar-refractivity contribution in [2.45, 2.75) is 20.4 Å². The van der Waals surface area contributed by atoms with Crippen molar-refractivity contribution in [2.75, 3.05) is 0 Å². The highest BCUT2D eigenvalue weighted by atomic mass is 16.7. The summed E-state index contributed by atoms with van der Waals surface area (Å²) in [6.45, 7) is 2.85.